The van der Waals surface area contributed by atoms with E-state index < -0.39 is 12.7 Å². The van der Waals surface area contributed by atoms with E-state index in [1.54, 1.807) is 4.90 Å². The van der Waals surface area contributed by atoms with Gasteiger partial charge in [0.05, 0.1) is 6.54 Å². The van der Waals surface area contributed by atoms with Gasteiger partial charge in [-0.2, -0.15) is 13.2 Å². The number of amides is 2. The van der Waals surface area contributed by atoms with Gasteiger partial charge in [-0.05, 0) is 32.4 Å². The number of carbonyl (C=O) groups is 1. The van der Waals surface area contributed by atoms with E-state index in [1.165, 1.54) is 4.90 Å². The Labute approximate surface area is 160 Å². The molecule has 27 heavy (non-hydrogen) atoms. The monoisotopic (exact) mass is 393 g/mol. The average Bonchev–Trinajstić information content (AvgIpc) is 2.86. The van der Waals surface area contributed by atoms with Crippen LogP contribution in [-0.2, 0) is 0 Å². The third-order valence-corrected chi connectivity index (χ3v) is 5.37. The average molecular weight is 393 g/mol. The van der Waals surface area contributed by atoms with Gasteiger partial charge in [0.1, 0.15) is 0 Å². The summed E-state index contributed by atoms with van der Waals surface area (Å²) < 4.78 is 37.5. The van der Waals surface area contributed by atoms with Crippen LogP contribution in [0.5, 0.6) is 0 Å². The quantitative estimate of drug-likeness (QED) is 0.669. The molecule has 2 fully saturated rings. The number of nitrogens with one attached hydrogen (secondary N) is 1. The van der Waals surface area contributed by atoms with Crippen molar-refractivity contribution in [1.29, 1.82) is 0 Å². The number of urea groups is 1. The predicted octanol–water partition coefficient (Wildman–Crippen LogP) is 1.68. The first-order valence-corrected chi connectivity index (χ1v) is 10.1. The Bertz CT molecular complexity index is 441. The fraction of sp³-hybridized carbons (Fsp3) is 0.944. The maximum atomic E-state index is 12.5. The van der Waals surface area contributed by atoms with Gasteiger partial charge in [-0.1, -0.05) is 6.92 Å². The van der Waals surface area contributed by atoms with E-state index in [0.29, 0.717) is 32.6 Å². The molecule has 6 nitrogen and oxygen atoms in total. The number of hydrogen-bond acceptors (Lipinski definition) is 4. The Morgan fingerprint density at radius 3 is 2.22 bits per heavy atom. The Hall–Kier alpha value is -1.06. The zero-order valence-corrected chi connectivity index (χ0v) is 16.4. The van der Waals surface area contributed by atoms with E-state index >= 15 is 0 Å². The molecule has 2 rings (SSSR count). The third kappa shape index (κ3) is 8.66. The first-order chi connectivity index (χ1) is 12.9. The number of rotatable bonds is 7. The van der Waals surface area contributed by atoms with Gasteiger partial charge >= 0.3 is 12.2 Å². The molecule has 0 unspecified atom stereocenters. The van der Waals surface area contributed by atoms with Gasteiger partial charge in [0.25, 0.3) is 0 Å². The van der Waals surface area contributed by atoms with E-state index in [1.807, 2.05) is 0 Å². The molecular formula is C18H34F3N5O. The van der Waals surface area contributed by atoms with Crippen LogP contribution in [0.25, 0.3) is 0 Å². The van der Waals surface area contributed by atoms with Gasteiger partial charge in [0, 0.05) is 58.9 Å². The number of carbonyl (C=O) groups excluding carboxylic acids is 1. The first kappa shape index (κ1) is 22.2. The summed E-state index contributed by atoms with van der Waals surface area (Å²) in [5.74, 6) is 0. The molecule has 0 aromatic heterocycles. The highest BCUT2D eigenvalue weighted by Crippen LogP contribution is 2.17. The third-order valence-electron chi connectivity index (χ3n) is 5.37. The lowest BCUT2D eigenvalue weighted by Crippen LogP contribution is -2.46. The predicted molar refractivity (Wildman–Crippen MR) is 99.9 cm³/mol. The maximum Gasteiger partial charge on any atom is 0.401 e. The van der Waals surface area contributed by atoms with Crippen LogP contribution in [0.2, 0.25) is 0 Å². The lowest BCUT2D eigenvalue weighted by atomic mass is 10.2. The summed E-state index contributed by atoms with van der Waals surface area (Å²) in [4.78, 5) is 20.2. The number of alkyl halides is 3. The highest BCUT2D eigenvalue weighted by Gasteiger charge is 2.31. The van der Waals surface area contributed by atoms with Crippen LogP contribution >= 0.6 is 0 Å². The van der Waals surface area contributed by atoms with Crippen LogP contribution in [0.4, 0.5) is 18.0 Å². The summed E-state index contributed by atoms with van der Waals surface area (Å²) in [6.45, 7) is 10.1. The molecule has 2 saturated heterocycles. The zero-order valence-electron chi connectivity index (χ0n) is 16.4. The summed E-state index contributed by atoms with van der Waals surface area (Å²) in [6, 6.07) is -0.152. The van der Waals surface area contributed by atoms with Crippen molar-refractivity contribution in [2.45, 2.75) is 32.4 Å². The topological polar surface area (TPSA) is 42.1 Å². The van der Waals surface area contributed by atoms with Gasteiger partial charge in [-0.15, -0.1) is 0 Å². The van der Waals surface area contributed by atoms with Crippen molar-refractivity contribution in [3.8, 4) is 0 Å². The largest absolute Gasteiger partial charge is 0.401 e. The van der Waals surface area contributed by atoms with Crippen LogP contribution in [0.1, 0.15) is 26.2 Å². The van der Waals surface area contributed by atoms with Crippen molar-refractivity contribution in [1.82, 2.24) is 24.9 Å². The summed E-state index contributed by atoms with van der Waals surface area (Å²) in [7, 11) is 0. The van der Waals surface area contributed by atoms with Gasteiger partial charge in [0.2, 0.25) is 0 Å². The second kappa shape index (κ2) is 11.1. The summed E-state index contributed by atoms with van der Waals surface area (Å²) >= 11 is 0. The van der Waals surface area contributed by atoms with E-state index in [-0.39, 0.29) is 12.6 Å². The Morgan fingerprint density at radius 2 is 1.56 bits per heavy atom. The fourth-order valence-corrected chi connectivity index (χ4v) is 3.68. The number of likely N-dealkylation sites (N-methyl/N-ethyl adjacent to an activating group) is 1. The number of hydrogen-bond donors (Lipinski definition) is 1. The highest BCUT2D eigenvalue weighted by molar-refractivity contribution is 5.74. The Morgan fingerprint density at radius 1 is 0.889 bits per heavy atom. The SMILES string of the molecule is CCN1CCN(CCCCNC(=O)N2CCCN(CC(F)(F)F)CC2)CC1. The molecule has 0 aromatic rings. The molecule has 0 spiro atoms. The summed E-state index contributed by atoms with van der Waals surface area (Å²) in [6.07, 6.45) is -1.63. The fourth-order valence-electron chi connectivity index (χ4n) is 3.68. The molecule has 9 heteroatoms. The number of piperazine rings is 1. The van der Waals surface area contributed by atoms with Gasteiger partial charge in [-0.25, -0.2) is 4.79 Å². The Balaban J connectivity index is 1.55. The molecule has 2 heterocycles. The summed E-state index contributed by atoms with van der Waals surface area (Å²) in [5, 5.41) is 2.92. The second-order valence-corrected chi connectivity index (χ2v) is 7.45. The molecule has 2 amide bonds. The minimum Gasteiger partial charge on any atom is -0.338 e. The zero-order chi connectivity index (χ0) is 19.7. The van der Waals surface area contributed by atoms with Crippen molar-refractivity contribution in [3.63, 3.8) is 0 Å². The van der Waals surface area contributed by atoms with Crippen LogP contribution in [0.3, 0.4) is 0 Å². The van der Waals surface area contributed by atoms with Crippen molar-refractivity contribution in [2.24, 2.45) is 0 Å². The molecule has 0 radical (unpaired) electrons. The van der Waals surface area contributed by atoms with Crippen molar-refractivity contribution < 1.29 is 18.0 Å². The standard InChI is InChI=1S/C18H34F3N5O/c1-2-23-10-12-24(13-11-23)7-4-3-6-22-17(27)26-9-5-8-25(14-15-26)16-18(19,20)21/h2-16H2,1H3,(H,22,27). The van der Waals surface area contributed by atoms with E-state index in [9.17, 15) is 18.0 Å². The second-order valence-electron chi connectivity index (χ2n) is 7.45. The van der Waals surface area contributed by atoms with Crippen LogP contribution in [-0.4, -0.2) is 110 Å². The maximum absolute atomic E-state index is 12.5. The first-order valence-electron chi connectivity index (χ1n) is 10.1. The number of unbranched alkanes of at least 4 members (excludes halogenated alkanes) is 1. The molecule has 0 aromatic carbocycles. The molecule has 0 bridgehead atoms. The minimum absolute atomic E-state index is 0.152. The van der Waals surface area contributed by atoms with E-state index in [2.05, 4.69) is 22.0 Å². The normalized spacial score (nSPS) is 21.3. The van der Waals surface area contributed by atoms with E-state index in [0.717, 1.165) is 52.1 Å². The van der Waals surface area contributed by atoms with Crippen molar-refractivity contribution in [2.75, 3.05) is 78.5 Å². The molecule has 158 valence electrons. The summed E-state index contributed by atoms with van der Waals surface area (Å²) in [5.41, 5.74) is 0. The van der Waals surface area contributed by atoms with Crippen LogP contribution in [0, 0.1) is 0 Å². The molecule has 2 aliphatic rings. The highest BCUT2D eigenvalue weighted by atomic mass is 19.4. The Kier molecular flexibility index (Phi) is 9.11. The van der Waals surface area contributed by atoms with E-state index in [4.69, 9.17) is 0 Å². The molecule has 0 aliphatic carbocycles. The molecule has 0 saturated carbocycles. The van der Waals surface area contributed by atoms with Gasteiger partial charge < -0.3 is 20.0 Å². The van der Waals surface area contributed by atoms with Gasteiger partial charge in [0.15, 0.2) is 0 Å². The van der Waals surface area contributed by atoms with Crippen LogP contribution in [0.15, 0.2) is 0 Å². The number of nitrogens with zero attached hydrogens (tertiary/aromatic N) is 4. The van der Waals surface area contributed by atoms with Crippen molar-refractivity contribution in [3.05, 3.63) is 0 Å². The molecule has 1 N–H and O–H groups in total. The lowest BCUT2D eigenvalue weighted by molar-refractivity contribution is -0.145. The molecule has 2 aliphatic heterocycles. The smallest absolute Gasteiger partial charge is 0.338 e. The van der Waals surface area contributed by atoms with Crippen molar-refractivity contribution >= 4 is 6.03 Å². The van der Waals surface area contributed by atoms with Crippen LogP contribution < -0.4 is 5.32 Å². The minimum atomic E-state index is -4.18. The molecule has 0 atom stereocenters. The van der Waals surface area contributed by atoms with Gasteiger partial charge in [-0.3, -0.25) is 4.90 Å². The molecular weight excluding hydrogens is 359 g/mol. The lowest BCUT2D eigenvalue weighted by Gasteiger charge is -2.34. The number of halogens is 3.